The number of hydrogen-bond acceptors (Lipinski definition) is 3. The summed E-state index contributed by atoms with van der Waals surface area (Å²) in [6, 6.07) is 6.97. The third-order valence-corrected chi connectivity index (χ3v) is 5.90. The van der Waals surface area contributed by atoms with E-state index in [-0.39, 0.29) is 11.3 Å². The molecule has 1 unspecified atom stereocenters. The van der Waals surface area contributed by atoms with Gasteiger partial charge >= 0.3 is 0 Å². The van der Waals surface area contributed by atoms with E-state index in [1.807, 2.05) is 6.07 Å². The van der Waals surface area contributed by atoms with Gasteiger partial charge in [-0.1, -0.05) is 26.8 Å². The van der Waals surface area contributed by atoms with Crippen LogP contribution in [0.25, 0.3) is 10.9 Å². The predicted molar refractivity (Wildman–Crippen MR) is 111 cm³/mol. The summed E-state index contributed by atoms with van der Waals surface area (Å²) in [5, 5.41) is 7.68. The number of carbonyl (C=O) groups excluding carboxylic acids is 1. The van der Waals surface area contributed by atoms with Crippen LogP contribution in [0.4, 0.5) is 0 Å². The van der Waals surface area contributed by atoms with Crippen molar-refractivity contribution in [3.8, 4) is 0 Å². The highest BCUT2D eigenvalue weighted by atomic mass is 16.1. The zero-order chi connectivity index (χ0) is 19.2. The maximum Gasteiger partial charge on any atom is 0.269 e. The Balaban J connectivity index is 1.70. The van der Waals surface area contributed by atoms with Gasteiger partial charge < -0.3 is 10.6 Å². The second-order valence-corrected chi connectivity index (χ2v) is 9.32. The number of nitrogens with zero attached hydrogens (tertiary/aromatic N) is 1. The number of amides is 1. The van der Waals surface area contributed by atoms with E-state index < -0.39 is 0 Å². The number of nitrogens with one attached hydrogen (secondary N) is 2. The number of hydrogen-bond donors (Lipinski definition) is 2. The SMILES string of the molecule is Cc1cc(C(=O)NCC2CCCN2)nc2c(C(C)(C)C)cc(C3CC3)cc12. The molecule has 2 aromatic rings. The van der Waals surface area contributed by atoms with Crippen molar-refractivity contribution in [3.63, 3.8) is 0 Å². The van der Waals surface area contributed by atoms with Gasteiger partial charge in [-0.15, -0.1) is 0 Å². The molecule has 1 aromatic heterocycles. The molecule has 2 aliphatic rings. The van der Waals surface area contributed by atoms with Crippen molar-refractivity contribution < 1.29 is 4.79 Å². The van der Waals surface area contributed by atoms with Gasteiger partial charge in [0.1, 0.15) is 5.69 Å². The van der Waals surface area contributed by atoms with Crippen molar-refractivity contribution in [2.45, 2.75) is 70.8 Å². The molecule has 1 aliphatic carbocycles. The average molecular weight is 366 g/mol. The molecule has 2 N–H and O–H groups in total. The van der Waals surface area contributed by atoms with E-state index >= 15 is 0 Å². The van der Waals surface area contributed by atoms with Gasteiger partial charge in [0.05, 0.1) is 5.52 Å². The third-order valence-electron chi connectivity index (χ3n) is 5.90. The molecule has 0 bridgehead atoms. The number of benzene rings is 1. The van der Waals surface area contributed by atoms with Crippen molar-refractivity contribution in [2.75, 3.05) is 13.1 Å². The van der Waals surface area contributed by atoms with Crippen LogP contribution in [0.15, 0.2) is 18.2 Å². The molecular formula is C23H31N3O. The van der Waals surface area contributed by atoms with Gasteiger partial charge in [0.25, 0.3) is 5.91 Å². The summed E-state index contributed by atoms with van der Waals surface area (Å²) in [6.07, 6.45) is 4.89. The molecule has 4 rings (SSSR count). The van der Waals surface area contributed by atoms with Gasteiger partial charge in [-0.25, -0.2) is 4.98 Å². The zero-order valence-electron chi connectivity index (χ0n) is 17.0. The molecule has 1 atom stereocenters. The molecule has 144 valence electrons. The standard InChI is InChI=1S/C23H31N3O/c1-14-10-20(22(27)25-13-17-6-5-9-24-17)26-21-18(14)11-16(15-7-8-15)12-19(21)23(2,3)4/h10-12,15,17,24H,5-9,13H2,1-4H3,(H,25,27). The molecule has 0 spiro atoms. The molecule has 1 aromatic carbocycles. The van der Waals surface area contributed by atoms with Crippen LogP contribution in [0, 0.1) is 6.92 Å². The van der Waals surface area contributed by atoms with Crippen LogP contribution in [0.1, 0.15) is 79.6 Å². The Morgan fingerprint density at radius 3 is 2.63 bits per heavy atom. The van der Waals surface area contributed by atoms with Crippen LogP contribution in [-0.2, 0) is 5.41 Å². The highest BCUT2D eigenvalue weighted by Gasteiger charge is 2.28. The van der Waals surface area contributed by atoms with Crippen LogP contribution in [0.2, 0.25) is 0 Å². The fraction of sp³-hybridized carbons (Fsp3) is 0.565. The molecule has 27 heavy (non-hydrogen) atoms. The zero-order valence-corrected chi connectivity index (χ0v) is 17.0. The quantitative estimate of drug-likeness (QED) is 0.854. The van der Waals surface area contributed by atoms with Crippen molar-refractivity contribution >= 4 is 16.8 Å². The first-order valence-corrected chi connectivity index (χ1v) is 10.3. The summed E-state index contributed by atoms with van der Waals surface area (Å²) in [7, 11) is 0. The molecule has 1 aliphatic heterocycles. The van der Waals surface area contributed by atoms with Crippen molar-refractivity contribution in [1.82, 2.24) is 15.6 Å². The maximum absolute atomic E-state index is 12.7. The lowest BCUT2D eigenvalue weighted by atomic mass is 9.83. The summed E-state index contributed by atoms with van der Waals surface area (Å²) in [5.74, 6) is 0.636. The summed E-state index contributed by atoms with van der Waals surface area (Å²) in [4.78, 5) is 17.6. The van der Waals surface area contributed by atoms with Gasteiger partial charge in [0, 0.05) is 18.0 Å². The van der Waals surface area contributed by atoms with Gasteiger partial charge in [-0.3, -0.25) is 4.79 Å². The average Bonchev–Trinajstić information content (AvgIpc) is 3.34. The molecule has 0 radical (unpaired) electrons. The molecule has 1 amide bonds. The highest BCUT2D eigenvalue weighted by molar-refractivity contribution is 5.97. The minimum atomic E-state index is -0.0696. The Bertz CT molecular complexity index is 871. The molecule has 2 fully saturated rings. The lowest BCUT2D eigenvalue weighted by molar-refractivity contribution is 0.0945. The maximum atomic E-state index is 12.7. The van der Waals surface area contributed by atoms with Crippen LogP contribution >= 0.6 is 0 Å². The summed E-state index contributed by atoms with van der Waals surface area (Å²) >= 11 is 0. The number of carbonyl (C=O) groups is 1. The van der Waals surface area contributed by atoms with E-state index in [0.29, 0.717) is 24.2 Å². The van der Waals surface area contributed by atoms with Gasteiger partial charge in [0.15, 0.2) is 0 Å². The summed E-state index contributed by atoms with van der Waals surface area (Å²) in [5.41, 5.74) is 5.32. The van der Waals surface area contributed by atoms with E-state index in [4.69, 9.17) is 4.98 Å². The van der Waals surface area contributed by atoms with Gasteiger partial charge in [-0.2, -0.15) is 0 Å². The van der Waals surface area contributed by atoms with Crippen LogP contribution in [0.5, 0.6) is 0 Å². The monoisotopic (exact) mass is 365 g/mol. The van der Waals surface area contributed by atoms with E-state index in [1.54, 1.807) is 0 Å². The van der Waals surface area contributed by atoms with E-state index in [0.717, 1.165) is 24.0 Å². The molecule has 1 saturated carbocycles. The van der Waals surface area contributed by atoms with E-state index in [1.165, 1.54) is 35.8 Å². The first-order chi connectivity index (χ1) is 12.8. The molecule has 4 heteroatoms. The predicted octanol–water partition coefficient (Wildman–Crippen LogP) is 4.20. The van der Waals surface area contributed by atoms with Crippen LogP contribution in [0.3, 0.4) is 0 Å². The molecule has 1 saturated heterocycles. The number of pyridine rings is 1. The third kappa shape index (κ3) is 3.86. The summed E-state index contributed by atoms with van der Waals surface area (Å²) in [6.45, 7) is 10.5. The highest BCUT2D eigenvalue weighted by Crippen LogP contribution is 2.43. The minimum Gasteiger partial charge on any atom is -0.349 e. The number of rotatable bonds is 4. The topological polar surface area (TPSA) is 54.0 Å². The lowest BCUT2D eigenvalue weighted by Crippen LogP contribution is -2.37. The number of aromatic nitrogens is 1. The van der Waals surface area contributed by atoms with Gasteiger partial charge in [0.2, 0.25) is 0 Å². The Kier molecular flexibility index (Phi) is 4.71. The second-order valence-electron chi connectivity index (χ2n) is 9.32. The fourth-order valence-corrected chi connectivity index (χ4v) is 4.09. The van der Waals surface area contributed by atoms with Gasteiger partial charge in [-0.05, 0) is 79.3 Å². The Morgan fingerprint density at radius 2 is 2.00 bits per heavy atom. The molecule has 2 heterocycles. The van der Waals surface area contributed by atoms with Crippen molar-refractivity contribution in [3.05, 3.63) is 40.6 Å². The first-order valence-electron chi connectivity index (χ1n) is 10.3. The summed E-state index contributed by atoms with van der Waals surface area (Å²) < 4.78 is 0. The lowest BCUT2D eigenvalue weighted by Gasteiger charge is -2.23. The van der Waals surface area contributed by atoms with Crippen LogP contribution < -0.4 is 10.6 Å². The second kappa shape index (κ2) is 6.90. The smallest absolute Gasteiger partial charge is 0.269 e. The number of fused-ring (bicyclic) bond motifs is 1. The van der Waals surface area contributed by atoms with Crippen molar-refractivity contribution in [1.29, 1.82) is 0 Å². The number of aryl methyl sites for hydroxylation is 1. The largest absolute Gasteiger partial charge is 0.349 e. The Labute approximate surface area is 162 Å². The minimum absolute atomic E-state index is 0.00848. The Morgan fingerprint density at radius 1 is 1.22 bits per heavy atom. The van der Waals surface area contributed by atoms with Crippen molar-refractivity contribution in [2.24, 2.45) is 0 Å². The van der Waals surface area contributed by atoms with E-state index in [2.05, 4.69) is 50.5 Å². The van der Waals surface area contributed by atoms with Crippen LogP contribution in [-0.4, -0.2) is 30.0 Å². The fourth-order valence-electron chi connectivity index (χ4n) is 4.09. The Hall–Kier alpha value is -1.94. The first kappa shape index (κ1) is 18.4. The van der Waals surface area contributed by atoms with E-state index in [9.17, 15) is 4.79 Å². The normalized spacial score (nSPS) is 20.2. The molecular weight excluding hydrogens is 334 g/mol. The molecule has 4 nitrogen and oxygen atoms in total.